The first-order chi connectivity index (χ1) is 20.0. The van der Waals surface area contributed by atoms with Gasteiger partial charge in [-0.3, -0.25) is 9.59 Å². The molecule has 0 saturated heterocycles. The van der Waals surface area contributed by atoms with Crippen LogP contribution in [0.15, 0.2) is 94.6 Å². The lowest BCUT2D eigenvalue weighted by atomic mass is 10.0. The lowest BCUT2D eigenvalue weighted by Crippen LogP contribution is -2.28. The van der Waals surface area contributed by atoms with Gasteiger partial charge in [-0.25, -0.2) is 4.68 Å². The Bertz CT molecular complexity index is 2010. The minimum atomic E-state index is -0.430. The van der Waals surface area contributed by atoms with Crippen LogP contribution in [0.5, 0.6) is 5.75 Å². The molecule has 0 N–H and O–H groups in total. The lowest BCUT2D eigenvalue weighted by molar-refractivity contribution is 0.315. The van der Waals surface area contributed by atoms with E-state index < -0.39 is 5.56 Å². The van der Waals surface area contributed by atoms with Gasteiger partial charge in [0.05, 0.1) is 16.8 Å². The maximum Gasteiger partial charge on any atom is 0.296 e. The van der Waals surface area contributed by atoms with Crippen molar-refractivity contribution in [1.29, 1.82) is 0 Å². The van der Waals surface area contributed by atoms with Crippen molar-refractivity contribution in [2.24, 2.45) is 0 Å². The maximum absolute atomic E-state index is 13.5. The number of hydrogen-bond donors (Lipinski definition) is 0. The maximum atomic E-state index is 13.5. The number of ether oxygens (including phenoxy) is 1. The van der Waals surface area contributed by atoms with Gasteiger partial charge in [0.2, 0.25) is 4.96 Å². The van der Waals surface area contributed by atoms with E-state index in [1.54, 1.807) is 10.8 Å². The number of aromatic nitrogens is 5. The van der Waals surface area contributed by atoms with Gasteiger partial charge in [-0.05, 0) is 60.9 Å². The highest BCUT2D eigenvalue weighted by Gasteiger charge is 2.16. The first-order valence-electron chi connectivity index (χ1n) is 13.4. The quantitative estimate of drug-likeness (QED) is 0.270. The van der Waals surface area contributed by atoms with Crippen molar-refractivity contribution in [3.8, 4) is 22.7 Å². The normalized spacial score (nSPS) is 11.8. The zero-order valence-electron chi connectivity index (χ0n) is 22.7. The van der Waals surface area contributed by atoms with Crippen molar-refractivity contribution in [1.82, 2.24) is 24.4 Å². The third-order valence-electron chi connectivity index (χ3n) is 6.62. The topological polar surface area (TPSA) is 91.4 Å². The Labute approximate surface area is 239 Å². The predicted molar refractivity (Wildman–Crippen MR) is 161 cm³/mol. The number of nitrogens with zero attached hydrogens (tertiary/aromatic N) is 5. The van der Waals surface area contributed by atoms with Gasteiger partial charge in [-0.15, -0.1) is 0 Å². The van der Waals surface area contributed by atoms with Crippen molar-refractivity contribution < 1.29 is 4.74 Å². The predicted octanol–water partition coefficient (Wildman–Crippen LogP) is 4.60. The van der Waals surface area contributed by atoms with E-state index in [0.29, 0.717) is 17.6 Å². The number of benzene rings is 3. The van der Waals surface area contributed by atoms with Crippen LogP contribution in [0.1, 0.15) is 35.7 Å². The molecule has 0 saturated carbocycles. The Morgan fingerprint density at radius 3 is 2.44 bits per heavy atom. The van der Waals surface area contributed by atoms with Crippen LogP contribution in [0.3, 0.4) is 0 Å². The van der Waals surface area contributed by atoms with E-state index >= 15 is 0 Å². The van der Waals surface area contributed by atoms with Crippen LogP contribution in [0.4, 0.5) is 0 Å². The van der Waals surface area contributed by atoms with Crippen LogP contribution < -0.4 is 20.4 Å². The largest absolute Gasteiger partial charge is 0.493 e. The summed E-state index contributed by atoms with van der Waals surface area (Å²) in [6.07, 6.45) is 4.92. The second kappa shape index (κ2) is 11.3. The Balaban J connectivity index is 1.47. The highest BCUT2D eigenvalue weighted by molar-refractivity contribution is 7.15. The van der Waals surface area contributed by atoms with E-state index in [0.717, 1.165) is 57.1 Å². The van der Waals surface area contributed by atoms with Gasteiger partial charge in [0.1, 0.15) is 17.1 Å². The van der Waals surface area contributed by atoms with E-state index in [9.17, 15) is 9.59 Å². The molecule has 41 heavy (non-hydrogen) atoms. The fraction of sp³-hybridized carbons (Fsp3) is 0.156. The molecule has 0 bridgehead atoms. The smallest absolute Gasteiger partial charge is 0.296 e. The molecule has 0 unspecified atom stereocenters. The van der Waals surface area contributed by atoms with Crippen LogP contribution in [0, 0.1) is 6.92 Å². The van der Waals surface area contributed by atoms with Crippen LogP contribution in [-0.4, -0.2) is 31.0 Å². The zero-order valence-corrected chi connectivity index (χ0v) is 23.5. The molecule has 0 amide bonds. The van der Waals surface area contributed by atoms with Crippen molar-refractivity contribution in [3.05, 3.63) is 133 Å². The van der Waals surface area contributed by atoms with Gasteiger partial charge in [-0.1, -0.05) is 66.8 Å². The van der Waals surface area contributed by atoms with Gasteiger partial charge in [0, 0.05) is 23.7 Å². The second-order valence-electron chi connectivity index (χ2n) is 9.68. The summed E-state index contributed by atoms with van der Waals surface area (Å²) in [4.78, 5) is 30.6. The van der Waals surface area contributed by atoms with Crippen LogP contribution in [0.2, 0.25) is 0 Å². The Morgan fingerprint density at radius 2 is 1.71 bits per heavy atom. The van der Waals surface area contributed by atoms with E-state index in [4.69, 9.17) is 9.84 Å². The minimum absolute atomic E-state index is 0.230. The highest BCUT2D eigenvalue weighted by atomic mass is 32.1. The molecule has 0 radical (unpaired) electrons. The SMILES string of the molecule is CCCOc1ccc(-c2nn(-c3ccccc3)cc2/C=c2\sc3nc(=O)c(Cc4ccccc4)nn3c2=O)cc1C. The lowest BCUT2D eigenvalue weighted by Gasteiger charge is -2.09. The summed E-state index contributed by atoms with van der Waals surface area (Å²) in [6, 6.07) is 25.3. The molecule has 6 aromatic rings. The van der Waals surface area contributed by atoms with Gasteiger partial charge in [0.25, 0.3) is 11.1 Å². The molecule has 3 heterocycles. The monoisotopic (exact) mass is 561 g/mol. The number of hydrogen-bond acceptors (Lipinski definition) is 7. The van der Waals surface area contributed by atoms with Crippen molar-refractivity contribution in [3.63, 3.8) is 0 Å². The fourth-order valence-electron chi connectivity index (χ4n) is 4.58. The molecule has 3 aromatic carbocycles. The molecular formula is C32H27N5O3S. The summed E-state index contributed by atoms with van der Waals surface area (Å²) in [5.74, 6) is 0.836. The average molecular weight is 562 g/mol. The fourth-order valence-corrected chi connectivity index (χ4v) is 5.48. The molecule has 204 valence electrons. The molecular weight excluding hydrogens is 534 g/mol. The van der Waals surface area contributed by atoms with E-state index in [-0.39, 0.29) is 16.2 Å². The molecule has 0 spiro atoms. The van der Waals surface area contributed by atoms with Crippen molar-refractivity contribution in [2.45, 2.75) is 26.7 Å². The number of fused-ring (bicyclic) bond motifs is 1. The molecule has 0 fully saturated rings. The number of para-hydroxylation sites is 1. The molecule has 0 atom stereocenters. The average Bonchev–Trinajstić information content (AvgIpc) is 3.54. The van der Waals surface area contributed by atoms with Crippen LogP contribution >= 0.6 is 11.3 Å². The van der Waals surface area contributed by atoms with E-state index in [1.165, 1.54) is 4.52 Å². The number of thiazole rings is 1. The second-order valence-corrected chi connectivity index (χ2v) is 10.7. The first-order valence-corrected chi connectivity index (χ1v) is 14.2. The molecule has 9 heteroatoms. The Kier molecular flexibility index (Phi) is 7.26. The van der Waals surface area contributed by atoms with E-state index in [2.05, 4.69) is 17.0 Å². The third kappa shape index (κ3) is 5.44. The van der Waals surface area contributed by atoms with Gasteiger partial charge in [0.15, 0.2) is 0 Å². The van der Waals surface area contributed by atoms with Gasteiger partial charge >= 0.3 is 0 Å². The Morgan fingerprint density at radius 1 is 0.951 bits per heavy atom. The van der Waals surface area contributed by atoms with Crippen molar-refractivity contribution >= 4 is 22.4 Å². The minimum Gasteiger partial charge on any atom is -0.493 e. The molecule has 0 aliphatic rings. The molecule has 0 aliphatic carbocycles. The van der Waals surface area contributed by atoms with Gasteiger partial charge < -0.3 is 4.74 Å². The van der Waals surface area contributed by atoms with Crippen LogP contribution in [-0.2, 0) is 6.42 Å². The van der Waals surface area contributed by atoms with E-state index in [1.807, 2.05) is 92.0 Å². The standard InChI is InChI=1S/C32H27N5O3S/c1-3-16-40-27-15-14-23(17-21(27)2)29-24(20-36(35-29)25-12-8-5-9-13-25)19-28-31(39)37-32(41-28)33-30(38)26(34-37)18-22-10-6-4-7-11-22/h4-15,17,19-20H,3,16,18H2,1-2H3/b28-19-. The van der Waals surface area contributed by atoms with Crippen LogP contribution in [0.25, 0.3) is 28.0 Å². The van der Waals surface area contributed by atoms with Gasteiger partial charge in [-0.2, -0.15) is 19.7 Å². The number of aryl methyl sites for hydroxylation is 1. The molecule has 8 nitrogen and oxygen atoms in total. The molecule has 6 rings (SSSR count). The van der Waals surface area contributed by atoms with Crippen molar-refractivity contribution in [2.75, 3.05) is 6.61 Å². The summed E-state index contributed by atoms with van der Waals surface area (Å²) < 4.78 is 9.30. The Hall–Kier alpha value is -4.89. The summed E-state index contributed by atoms with van der Waals surface area (Å²) in [5, 5.41) is 9.29. The number of rotatable bonds is 8. The summed E-state index contributed by atoms with van der Waals surface area (Å²) in [5.41, 5.74) is 4.66. The summed E-state index contributed by atoms with van der Waals surface area (Å²) in [7, 11) is 0. The third-order valence-corrected chi connectivity index (χ3v) is 7.58. The molecule has 3 aromatic heterocycles. The highest BCUT2D eigenvalue weighted by Crippen LogP contribution is 2.29. The zero-order chi connectivity index (χ0) is 28.3. The summed E-state index contributed by atoms with van der Waals surface area (Å²) >= 11 is 1.14. The summed E-state index contributed by atoms with van der Waals surface area (Å²) in [6.45, 7) is 4.73. The first kappa shape index (κ1) is 26.3. The molecule has 0 aliphatic heterocycles.